The van der Waals surface area contributed by atoms with E-state index in [4.69, 9.17) is 4.74 Å². The summed E-state index contributed by atoms with van der Waals surface area (Å²) in [5.41, 5.74) is 3.15. The summed E-state index contributed by atoms with van der Waals surface area (Å²) in [5.74, 6) is 0.735. The first kappa shape index (κ1) is 15.0. The molecule has 1 nitrogen and oxygen atoms in total. The normalized spacial score (nSPS) is 15.5. The van der Waals surface area contributed by atoms with Crippen LogP contribution in [0, 0.1) is 0 Å². The highest BCUT2D eigenvalue weighted by Gasteiger charge is 2.42. The highest BCUT2D eigenvalue weighted by atomic mass is 19.3. The molecule has 0 aliphatic carbocycles. The van der Waals surface area contributed by atoms with Gasteiger partial charge in [0.2, 0.25) is 0 Å². The van der Waals surface area contributed by atoms with Gasteiger partial charge in [-0.2, -0.15) is 8.78 Å². The summed E-state index contributed by atoms with van der Waals surface area (Å²) in [7, 11) is 0. The van der Waals surface area contributed by atoms with Gasteiger partial charge in [0.05, 0.1) is 5.56 Å². The van der Waals surface area contributed by atoms with Crippen LogP contribution >= 0.6 is 0 Å². The predicted octanol–water partition coefficient (Wildman–Crippen LogP) is 6.04. The third-order valence-corrected chi connectivity index (χ3v) is 4.22. The molecule has 0 amide bonds. The van der Waals surface area contributed by atoms with E-state index in [1.165, 1.54) is 0 Å². The van der Waals surface area contributed by atoms with Crippen LogP contribution in [0.5, 0.6) is 5.75 Å². The zero-order valence-electron chi connectivity index (χ0n) is 13.3. The Hall–Kier alpha value is -1.90. The standard InChI is InChI=1S/C19H20F2O/c1-11(2)13-5-7-15-16-8-6-14(12(3)4)10-18(16)22-19(20,21)17(15)9-13/h5-12H,1-4H3. The molecule has 2 aromatic rings. The zero-order valence-corrected chi connectivity index (χ0v) is 13.3. The quantitative estimate of drug-likeness (QED) is 0.657. The molecule has 0 spiro atoms. The molecule has 1 aliphatic heterocycles. The Morgan fingerprint density at radius 2 is 1.36 bits per heavy atom. The van der Waals surface area contributed by atoms with Crippen LogP contribution < -0.4 is 4.74 Å². The number of fused-ring (bicyclic) bond motifs is 3. The van der Waals surface area contributed by atoms with Gasteiger partial charge in [-0.3, -0.25) is 0 Å². The van der Waals surface area contributed by atoms with Crippen molar-refractivity contribution in [3.05, 3.63) is 53.1 Å². The molecule has 22 heavy (non-hydrogen) atoms. The lowest BCUT2D eigenvalue weighted by atomic mass is 9.90. The Labute approximate surface area is 129 Å². The summed E-state index contributed by atoms with van der Waals surface area (Å²) in [4.78, 5) is 0. The highest BCUT2D eigenvalue weighted by molar-refractivity contribution is 5.76. The first-order chi connectivity index (χ1) is 10.3. The smallest absolute Gasteiger partial charge is 0.427 e. The second-order valence-corrected chi connectivity index (χ2v) is 6.49. The second kappa shape index (κ2) is 5.08. The summed E-state index contributed by atoms with van der Waals surface area (Å²) < 4.78 is 33.9. The maximum Gasteiger partial charge on any atom is 0.427 e. The molecule has 0 aromatic heterocycles. The van der Waals surface area contributed by atoms with Crippen LogP contribution in [0.1, 0.15) is 56.2 Å². The number of alkyl halides is 2. The molecular formula is C19H20F2O. The molecular weight excluding hydrogens is 282 g/mol. The number of hydrogen-bond donors (Lipinski definition) is 0. The third-order valence-electron chi connectivity index (χ3n) is 4.22. The van der Waals surface area contributed by atoms with Crippen LogP contribution in [0.3, 0.4) is 0 Å². The molecule has 0 N–H and O–H groups in total. The molecule has 0 bridgehead atoms. The molecule has 0 atom stereocenters. The van der Waals surface area contributed by atoms with Crippen molar-refractivity contribution in [3.63, 3.8) is 0 Å². The van der Waals surface area contributed by atoms with Gasteiger partial charge in [0.1, 0.15) is 5.75 Å². The molecule has 3 rings (SSSR count). The highest BCUT2D eigenvalue weighted by Crippen LogP contribution is 2.48. The Morgan fingerprint density at radius 3 is 1.95 bits per heavy atom. The van der Waals surface area contributed by atoms with Crippen molar-refractivity contribution in [2.24, 2.45) is 0 Å². The number of rotatable bonds is 2. The SMILES string of the molecule is CC(C)c1ccc2c(c1)OC(F)(F)c1cc(C(C)C)ccc1-2. The molecule has 1 heterocycles. The molecule has 0 fully saturated rings. The van der Waals surface area contributed by atoms with E-state index in [1.807, 2.05) is 45.9 Å². The summed E-state index contributed by atoms with van der Waals surface area (Å²) in [6.07, 6.45) is -3.29. The van der Waals surface area contributed by atoms with Crippen molar-refractivity contribution in [1.29, 1.82) is 0 Å². The minimum Gasteiger partial charge on any atom is -0.428 e. The Bertz CT molecular complexity index is 717. The van der Waals surface area contributed by atoms with Gasteiger partial charge in [-0.25, -0.2) is 0 Å². The lowest BCUT2D eigenvalue weighted by molar-refractivity contribution is -0.187. The molecule has 0 saturated heterocycles. The molecule has 3 heteroatoms. The summed E-state index contributed by atoms with van der Waals surface area (Å²) in [5, 5.41) is 0. The van der Waals surface area contributed by atoms with E-state index < -0.39 is 6.11 Å². The van der Waals surface area contributed by atoms with E-state index in [0.717, 1.165) is 16.7 Å². The van der Waals surface area contributed by atoms with E-state index in [2.05, 4.69) is 0 Å². The van der Waals surface area contributed by atoms with E-state index in [-0.39, 0.29) is 23.1 Å². The Morgan fingerprint density at radius 1 is 0.818 bits per heavy atom. The fraction of sp³-hybridized carbons (Fsp3) is 0.368. The van der Waals surface area contributed by atoms with Crippen molar-refractivity contribution in [1.82, 2.24) is 0 Å². The van der Waals surface area contributed by atoms with E-state index in [9.17, 15) is 8.78 Å². The van der Waals surface area contributed by atoms with Crippen LogP contribution in [-0.2, 0) is 6.11 Å². The van der Waals surface area contributed by atoms with E-state index in [1.54, 1.807) is 18.2 Å². The van der Waals surface area contributed by atoms with Crippen molar-refractivity contribution in [3.8, 4) is 16.9 Å². The number of hydrogen-bond acceptors (Lipinski definition) is 1. The second-order valence-electron chi connectivity index (χ2n) is 6.49. The monoisotopic (exact) mass is 302 g/mol. The van der Waals surface area contributed by atoms with Gasteiger partial charge >= 0.3 is 6.11 Å². The maximum absolute atomic E-state index is 14.4. The summed E-state index contributed by atoms with van der Waals surface area (Å²) in [6.45, 7) is 8.05. The molecule has 2 aromatic carbocycles. The van der Waals surface area contributed by atoms with Gasteiger partial charge in [0.25, 0.3) is 0 Å². The fourth-order valence-electron chi connectivity index (χ4n) is 2.79. The lowest BCUT2D eigenvalue weighted by Crippen LogP contribution is -2.26. The molecule has 0 unspecified atom stereocenters. The minimum atomic E-state index is -3.29. The van der Waals surface area contributed by atoms with Gasteiger partial charge in [0, 0.05) is 5.56 Å². The number of ether oxygens (including phenoxy) is 1. The molecule has 0 radical (unpaired) electrons. The average Bonchev–Trinajstić information content (AvgIpc) is 2.45. The van der Waals surface area contributed by atoms with Crippen LogP contribution in [0.25, 0.3) is 11.1 Å². The van der Waals surface area contributed by atoms with Crippen LogP contribution in [0.2, 0.25) is 0 Å². The third kappa shape index (κ3) is 2.39. The van der Waals surface area contributed by atoms with Crippen molar-refractivity contribution in [2.75, 3.05) is 0 Å². The summed E-state index contributed by atoms with van der Waals surface area (Å²) >= 11 is 0. The first-order valence-corrected chi connectivity index (χ1v) is 7.65. The van der Waals surface area contributed by atoms with E-state index in [0.29, 0.717) is 5.56 Å². The minimum absolute atomic E-state index is 0.0384. The Kier molecular flexibility index (Phi) is 3.47. The average molecular weight is 302 g/mol. The Balaban J connectivity index is 2.19. The topological polar surface area (TPSA) is 9.23 Å². The fourth-order valence-corrected chi connectivity index (χ4v) is 2.79. The van der Waals surface area contributed by atoms with Crippen LogP contribution in [0.15, 0.2) is 36.4 Å². The van der Waals surface area contributed by atoms with Crippen molar-refractivity contribution >= 4 is 0 Å². The first-order valence-electron chi connectivity index (χ1n) is 7.65. The van der Waals surface area contributed by atoms with Gasteiger partial charge in [-0.05, 0) is 40.7 Å². The maximum atomic E-state index is 14.4. The van der Waals surface area contributed by atoms with Crippen LogP contribution in [0.4, 0.5) is 8.78 Å². The number of benzene rings is 2. The predicted molar refractivity (Wildman–Crippen MR) is 84.6 cm³/mol. The van der Waals surface area contributed by atoms with Gasteiger partial charge in [0.15, 0.2) is 0 Å². The van der Waals surface area contributed by atoms with Crippen molar-refractivity contribution < 1.29 is 13.5 Å². The molecule has 116 valence electrons. The van der Waals surface area contributed by atoms with Gasteiger partial charge < -0.3 is 4.74 Å². The summed E-state index contributed by atoms with van der Waals surface area (Å²) in [6, 6.07) is 10.9. The van der Waals surface area contributed by atoms with Crippen LogP contribution in [-0.4, -0.2) is 0 Å². The van der Waals surface area contributed by atoms with E-state index >= 15 is 0 Å². The largest absolute Gasteiger partial charge is 0.428 e. The molecule has 1 aliphatic rings. The zero-order chi connectivity index (χ0) is 16.1. The van der Waals surface area contributed by atoms with Gasteiger partial charge in [-0.1, -0.05) is 52.0 Å². The van der Waals surface area contributed by atoms with Crippen molar-refractivity contribution in [2.45, 2.75) is 45.6 Å². The number of halogens is 2. The van der Waals surface area contributed by atoms with Gasteiger partial charge in [-0.15, -0.1) is 0 Å². The molecule has 0 saturated carbocycles. The lowest BCUT2D eigenvalue weighted by Gasteiger charge is -2.29.